The number of anilines is 1. The number of hydrogen-bond acceptors (Lipinski definition) is 5. The Balaban J connectivity index is 1.74. The Morgan fingerprint density at radius 3 is 2.19 bits per heavy atom. The summed E-state index contributed by atoms with van der Waals surface area (Å²) >= 11 is 0. The molecule has 5 nitrogen and oxygen atoms in total. The molecule has 0 bridgehead atoms. The van der Waals surface area contributed by atoms with E-state index in [1.54, 1.807) is 0 Å². The molecule has 1 heterocycles. The third-order valence-corrected chi connectivity index (χ3v) is 4.33. The number of likely N-dealkylation sites (N-methyl/N-ethyl adjacent to an activating group) is 2. The van der Waals surface area contributed by atoms with Crippen LogP contribution in [0.3, 0.4) is 0 Å². The number of aromatic nitrogens is 2. The van der Waals surface area contributed by atoms with E-state index in [0.29, 0.717) is 0 Å². The summed E-state index contributed by atoms with van der Waals surface area (Å²) in [6.07, 6.45) is 9.42. The smallest absolute Gasteiger partial charge is 0.224 e. The molecule has 1 saturated carbocycles. The molecule has 0 radical (unpaired) electrons. The third kappa shape index (κ3) is 4.93. The molecule has 118 valence electrons. The fourth-order valence-electron chi connectivity index (χ4n) is 2.91. The van der Waals surface area contributed by atoms with Gasteiger partial charge in [0.2, 0.25) is 5.95 Å². The minimum Gasteiger partial charge on any atom is -0.347 e. The minimum absolute atomic E-state index is 0.766. The Morgan fingerprint density at radius 2 is 1.62 bits per heavy atom. The molecule has 1 aromatic rings. The van der Waals surface area contributed by atoms with Crippen molar-refractivity contribution in [3.8, 4) is 0 Å². The quantitative estimate of drug-likeness (QED) is 0.766. The van der Waals surface area contributed by atoms with Crippen molar-refractivity contribution >= 4 is 5.95 Å². The van der Waals surface area contributed by atoms with Crippen LogP contribution in [0.5, 0.6) is 0 Å². The zero-order chi connectivity index (χ0) is 15.2. The molecular formula is C16H29N5. The van der Waals surface area contributed by atoms with Crippen molar-refractivity contribution in [2.24, 2.45) is 0 Å². The van der Waals surface area contributed by atoms with Crippen LogP contribution in [-0.4, -0.2) is 67.1 Å². The van der Waals surface area contributed by atoms with E-state index < -0.39 is 0 Å². The van der Waals surface area contributed by atoms with Gasteiger partial charge in [0.15, 0.2) is 0 Å². The molecule has 0 aliphatic heterocycles. The van der Waals surface area contributed by atoms with E-state index in [1.807, 2.05) is 31.4 Å². The molecule has 0 N–H and O–H groups in total. The highest BCUT2D eigenvalue weighted by Gasteiger charge is 2.19. The van der Waals surface area contributed by atoms with Gasteiger partial charge in [-0.15, -0.1) is 0 Å². The van der Waals surface area contributed by atoms with E-state index >= 15 is 0 Å². The predicted octanol–water partition coefficient (Wildman–Crippen LogP) is 1.85. The van der Waals surface area contributed by atoms with Crippen molar-refractivity contribution in [2.45, 2.75) is 38.3 Å². The lowest BCUT2D eigenvalue weighted by atomic mass is 10.2. The first-order valence-corrected chi connectivity index (χ1v) is 7.93. The topological polar surface area (TPSA) is 35.5 Å². The van der Waals surface area contributed by atoms with Gasteiger partial charge >= 0.3 is 0 Å². The molecule has 0 saturated heterocycles. The van der Waals surface area contributed by atoms with Crippen LogP contribution < -0.4 is 4.90 Å². The lowest BCUT2D eigenvalue weighted by molar-refractivity contribution is 0.204. The molecular weight excluding hydrogens is 262 g/mol. The zero-order valence-corrected chi connectivity index (χ0v) is 13.9. The van der Waals surface area contributed by atoms with Crippen LogP contribution in [0.25, 0.3) is 0 Å². The number of nitrogens with zero attached hydrogens (tertiary/aromatic N) is 5. The van der Waals surface area contributed by atoms with Gasteiger partial charge in [-0.05, 0) is 26.9 Å². The summed E-state index contributed by atoms with van der Waals surface area (Å²) in [5.74, 6) is 0.766. The van der Waals surface area contributed by atoms with Crippen molar-refractivity contribution in [1.82, 2.24) is 19.8 Å². The second kappa shape index (κ2) is 7.71. The largest absolute Gasteiger partial charge is 0.347 e. The van der Waals surface area contributed by atoms with Crippen molar-refractivity contribution in [1.29, 1.82) is 0 Å². The van der Waals surface area contributed by atoms with Crippen molar-refractivity contribution in [3.63, 3.8) is 0 Å². The molecule has 21 heavy (non-hydrogen) atoms. The first-order valence-electron chi connectivity index (χ1n) is 7.93. The van der Waals surface area contributed by atoms with Crippen LogP contribution in [0.1, 0.15) is 31.2 Å². The first kappa shape index (κ1) is 16.2. The van der Waals surface area contributed by atoms with Gasteiger partial charge < -0.3 is 14.7 Å². The summed E-state index contributed by atoms with van der Waals surface area (Å²) in [5.41, 5.74) is 1.17. The van der Waals surface area contributed by atoms with E-state index in [4.69, 9.17) is 0 Å². The lowest BCUT2D eigenvalue weighted by Crippen LogP contribution is -2.36. The average Bonchev–Trinajstić information content (AvgIpc) is 2.99. The highest BCUT2D eigenvalue weighted by atomic mass is 15.2. The summed E-state index contributed by atoms with van der Waals surface area (Å²) in [7, 11) is 8.35. The normalized spacial score (nSPS) is 16.1. The van der Waals surface area contributed by atoms with Crippen molar-refractivity contribution in [2.75, 3.05) is 46.2 Å². The molecule has 1 fully saturated rings. The van der Waals surface area contributed by atoms with E-state index in [0.717, 1.165) is 31.6 Å². The van der Waals surface area contributed by atoms with Gasteiger partial charge in [0, 0.05) is 57.7 Å². The van der Waals surface area contributed by atoms with E-state index in [9.17, 15) is 0 Å². The molecule has 0 atom stereocenters. The fourth-order valence-corrected chi connectivity index (χ4v) is 2.91. The Bertz CT molecular complexity index is 411. The molecule has 2 rings (SSSR count). The van der Waals surface area contributed by atoms with Gasteiger partial charge in [-0.2, -0.15) is 0 Å². The first-order chi connectivity index (χ1) is 10.1. The summed E-state index contributed by atoms with van der Waals surface area (Å²) in [4.78, 5) is 15.5. The second-order valence-corrected chi connectivity index (χ2v) is 6.44. The summed E-state index contributed by atoms with van der Waals surface area (Å²) < 4.78 is 0. The SMILES string of the molecule is CN(CCN(C)C1CCCC1)Cc1cnc(N(C)C)nc1. The molecule has 5 heteroatoms. The Hall–Kier alpha value is -1.20. The Kier molecular flexibility index (Phi) is 5.94. The maximum Gasteiger partial charge on any atom is 0.224 e. The lowest BCUT2D eigenvalue weighted by Gasteiger charge is -2.26. The van der Waals surface area contributed by atoms with Crippen molar-refractivity contribution < 1.29 is 0 Å². The monoisotopic (exact) mass is 291 g/mol. The summed E-state index contributed by atoms with van der Waals surface area (Å²) in [6.45, 7) is 3.13. The fraction of sp³-hybridized carbons (Fsp3) is 0.750. The van der Waals surface area contributed by atoms with Gasteiger partial charge in [0.25, 0.3) is 0 Å². The highest BCUT2D eigenvalue weighted by molar-refractivity contribution is 5.26. The molecule has 0 spiro atoms. The summed E-state index contributed by atoms with van der Waals surface area (Å²) in [5, 5.41) is 0. The van der Waals surface area contributed by atoms with Gasteiger partial charge in [0.1, 0.15) is 0 Å². The standard InChI is InChI=1S/C16H29N5/c1-19(2)16-17-11-14(12-18-16)13-20(3)9-10-21(4)15-7-5-6-8-15/h11-12,15H,5-10,13H2,1-4H3. The number of hydrogen-bond donors (Lipinski definition) is 0. The van der Waals surface area contributed by atoms with Gasteiger partial charge in [-0.3, -0.25) is 0 Å². The van der Waals surface area contributed by atoms with Crippen LogP contribution in [0.15, 0.2) is 12.4 Å². The van der Waals surface area contributed by atoms with E-state index in [2.05, 4.69) is 33.9 Å². The van der Waals surface area contributed by atoms with Crippen LogP contribution in [0.4, 0.5) is 5.95 Å². The Morgan fingerprint density at radius 1 is 1.00 bits per heavy atom. The predicted molar refractivity (Wildman–Crippen MR) is 87.6 cm³/mol. The molecule has 1 aromatic heterocycles. The van der Waals surface area contributed by atoms with E-state index in [-0.39, 0.29) is 0 Å². The second-order valence-electron chi connectivity index (χ2n) is 6.44. The molecule has 0 unspecified atom stereocenters. The molecule has 1 aliphatic rings. The summed E-state index contributed by atoms with van der Waals surface area (Å²) in [6, 6.07) is 0.807. The maximum atomic E-state index is 4.37. The average molecular weight is 291 g/mol. The van der Waals surface area contributed by atoms with Crippen LogP contribution >= 0.6 is 0 Å². The molecule has 0 aromatic carbocycles. The van der Waals surface area contributed by atoms with Crippen LogP contribution in [0, 0.1) is 0 Å². The minimum atomic E-state index is 0.766. The van der Waals surface area contributed by atoms with Gasteiger partial charge in [0.05, 0.1) is 0 Å². The third-order valence-electron chi connectivity index (χ3n) is 4.33. The number of rotatable bonds is 7. The van der Waals surface area contributed by atoms with Crippen LogP contribution in [0.2, 0.25) is 0 Å². The van der Waals surface area contributed by atoms with Gasteiger partial charge in [-0.25, -0.2) is 9.97 Å². The molecule has 0 amide bonds. The van der Waals surface area contributed by atoms with E-state index in [1.165, 1.54) is 31.2 Å². The Labute approximate surface area is 129 Å². The zero-order valence-electron chi connectivity index (χ0n) is 13.9. The van der Waals surface area contributed by atoms with Gasteiger partial charge in [-0.1, -0.05) is 12.8 Å². The maximum absolute atomic E-state index is 4.37. The van der Waals surface area contributed by atoms with Crippen molar-refractivity contribution in [3.05, 3.63) is 18.0 Å². The molecule has 1 aliphatic carbocycles. The van der Waals surface area contributed by atoms with Crippen LogP contribution in [-0.2, 0) is 6.54 Å². The highest BCUT2D eigenvalue weighted by Crippen LogP contribution is 2.22.